The molecule has 1 aromatic heterocycles. The molecule has 0 atom stereocenters. The Kier molecular flexibility index (Phi) is 2.95. The number of nitrogens with zero attached hydrogens (tertiary/aromatic N) is 1. The minimum atomic E-state index is -0.458. The van der Waals surface area contributed by atoms with Crippen molar-refractivity contribution < 1.29 is 4.79 Å². The first kappa shape index (κ1) is 12.4. The van der Waals surface area contributed by atoms with Crippen molar-refractivity contribution in [3.05, 3.63) is 65.9 Å². The summed E-state index contributed by atoms with van der Waals surface area (Å²) < 4.78 is 0. The predicted molar refractivity (Wildman–Crippen MR) is 80.4 cm³/mol. The summed E-state index contributed by atoms with van der Waals surface area (Å²) in [4.78, 5) is 15.5. The van der Waals surface area contributed by atoms with Gasteiger partial charge in [-0.25, -0.2) is 0 Å². The van der Waals surface area contributed by atoms with E-state index in [0.717, 1.165) is 16.5 Å². The number of carbonyl (C=O) groups excluding carboxylic acids is 1. The smallest absolute Gasteiger partial charge is 0.250 e. The highest BCUT2D eigenvalue weighted by atomic mass is 16.1. The second-order valence-corrected chi connectivity index (χ2v) is 4.81. The van der Waals surface area contributed by atoms with Crippen LogP contribution >= 0.6 is 0 Å². The first-order valence-electron chi connectivity index (χ1n) is 6.41. The van der Waals surface area contributed by atoms with Gasteiger partial charge in [0.1, 0.15) is 0 Å². The van der Waals surface area contributed by atoms with Gasteiger partial charge in [-0.2, -0.15) is 0 Å². The van der Waals surface area contributed by atoms with Crippen molar-refractivity contribution in [2.45, 2.75) is 6.92 Å². The molecule has 0 fully saturated rings. The lowest BCUT2D eigenvalue weighted by Crippen LogP contribution is -2.10. The number of aromatic nitrogens is 1. The van der Waals surface area contributed by atoms with Gasteiger partial charge in [-0.05, 0) is 41.8 Å². The highest BCUT2D eigenvalue weighted by molar-refractivity contribution is 5.97. The van der Waals surface area contributed by atoms with E-state index in [-0.39, 0.29) is 0 Å². The zero-order valence-electron chi connectivity index (χ0n) is 11.1. The highest BCUT2D eigenvalue weighted by Crippen LogP contribution is 2.26. The minimum absolute atomic E-state index is 0.430. The molecular weight excluding hydrogens is 248 g/mol. The van der Waals surface area contributed by atoms with Crippen LogP contribution in [0.1, 0.15) is 15.9 Å². The monoisotopic (exact) mass is 262 g/mol. The predicted octanol–water partition coefficient (Wildman–Crippen LogP) is 3.31. The number of hydrogen-bond donors (Lipinski definition) is 1. The van der Waals surface area contributed by atoms with Crippen molar-refractivity contribution in [2.24, 2.45) is 5.73 Å². The van der Waals surface area contributed by atoms with Crippen molar-refractivity contribution >= 4 is 16.8 Å². The Labute approximate surface area is 117 Å². The maximum absolute atomic E-state index is 11.2. The zero-order chi connectivity index (χ0) is 14.1. The molecule has 3 aromatic rings. The summed E-state index contributed by atoms with van der Waals surface area (Å²) >= 11 is 0. The van der Waals surface area contributed by atoms with Gasteiger partial charge in [0.05, 0.1) is 11.1 Å². The molecule has 3 heteroatoms. The van der Waals surface area contributed by atoms with Gasteiger partial charge in [0.25, 0.3) is 0 Å². The average molecular weight is 262 g/mol. The Hall–Kier alpha value is -2.68. The summed E-state index contributed by atoms with van der Waals surface area (Å²) in [6, 6.07) is 16.0. The van der Waals surface area contributed by atoms with Gasteiger partial charge >= 0.3 is 0 Å². The molecule has 2 N–H and O–H groups in total. The molecule has 2 aromatic carbocycles. The number of carbonyl (C=O) groups is 1. The third-order valence-electron chi connectivity index (χ3n) is 3.42. The van der Waals surface area contributed by atoms with Crippen LogP contribution in [0, 0.1) is 6.92 Å². The summed E-state index contributed by atoms with van der Waals surface area (Å²) in [6.45, 7) is 2.08. The van der Waals surface area contributed by atoms with Crippen molar-refractivity contribution in [1.82, 2.24) is 4.98 Å². The third kappa shape index (κ3) is 2.14. The fraction of sp³-hybridized carbons (Fsp3) is 0.0588. The van der Waals surface area contributed by atoms with Crippen LogP contribution in [0.3, 0.4) is 0 Å². The van der Waals surface area contributed by atoms with Crippen LogP contribution in [-0.2, 0) is 0 Å². The van der Waals surface area contributed by atoms with Crippen LogP contribution in [0.15, 0.2) is 54.7 Å². The maximum atomic E-state index is 11.2. The number of nitrogens with two attached hydrogens (primary N) is 1. The van der Waals surface area contributed by atoms with Crippen molar-refractivity contribution in [3.8, 4) is 11.1 Å². The van der Waals surface area contributed by atoms with Crippen molar-refractivity contribution in [3.63, 3.8) is 0 Å². The molecule has 0 aliphatic rings. The van der Waals surface area contributed by atoms with Gasteiger partial charge in [0.2, 0.25) is 5.91 Å². The molecule has 3 nitrogen and oxygen atoms in total. The fourth-order valence-electron chi connectivity index (χ4n) is 2.33. The van der Waals surface area contributed by atoms with E-state index in [2.05, 4.69) is 24.0 Å². The lowest BCUT2D eigenvalue weighted by Gasteiger charge is -2.07. The summed E-state index contributed by atoms with van der Waals surface area (Å²) in [5.41, 5.74) is 10.1. The van der Waals surface area contributed by atoms with E-state index in [1.807, 2.05) is 30.3 Å². The van der Waals surface area contributed by atoms with Gasteiger partial charge in [0.15, 0.2) is 0 Å². The Bertz CT molecular complexity index is 809. The first-order chi connectivity index (χ1) is 9.65. The lowest BCUT2D eigenvalue weighted by molar-refractivity contribution is 0.1000. The van der Waals surface area contributed by atoms with E-state index in [9.17, 15) is 4.79 Å². The number of hydrogen-bond acceptors (Lipinski definition) is 2. The normalized spacial score (nSPS) is 10.7. The molecule has 0 saturated carbocycles. The van der Waals surface area contributed by atoms with E-state index < -0.39 is 5.91 Å². The Morgan fingerprint density at radius 1 is 1.10 bits per heavy atom. The molecule has 1 amide bonds. The Morgan fingerprint density at radius 3 is 2.65 bits per heavy atom. The largest absolute Gasteiger partial charge is 0.366 e. The van der Waals surface area contributed by atoms with Crippen LogP contribution in [0.4, 0.5) is 0 Å². The van der Waals surface area contributed by atoms with E-state index in [0.29, 0.717) is 5.56 Å². The number of fused-ring (bicyclic) bond motifs is 1. The van der Waals surface area contributed by atoms with Gasteiger partial charge in [-0.1, -0.05) is 30.3 Å². The number of pyridine rings is 1. The minimum Gasteiger partial charge on any atom is -0.366 e. The summed E-state index contributed by atoms with van der Waals surface area (Å²) in [6.07, 6.45) is 1.51. The molecule has 98 valence electrons. The molecule has 0 saturated heterocycles. The van der Waals surface area contributed by atoms with Crippen molar-refractivity contribution in [1.29, 1.82) is 0 Å². The quantitative estimate of drug-likeness (QED) is 0.770. The number of amides is 1. The van der Waals surface area contributed by atoms with E-state index in [1.165, 1.54) is 17.3 Å². The average Bonchev–Trinajstić information content (AvgIpc) is 2.46. The second-order valence-electron chi connectivity index (χ2n) is 4.81. The lowest BCUT2D eigenvalue weighted by atomic mass is 9.99. The molecule has 0 radical (unpaired) electrons. The van der Waals surface area contributed by atoms with Crippen LogP contribution in [0.25, 0.3) is 22.0 Å². The number of benzene rings is 2. The van der Waals surface area contributed by atoms with Gasteiger partial charge in [-0.3, -0.25) is 9.78 Å². The Morgan fingerprint density at radius 2 is 1.90 bits per heavy atom. The summed E-state index contributed by atoms with van der Waals surface area (Å²) in [5, 5.41) is 0.919. The number of primary amides is 1. The van der Waals surface area contributed by atoms with Gasteiger partial charge < -0.3 is 5.73 Å². The van der Waals surface area contributed by atoms with Crippen LogP contribution in [-0.4, -0.2) is 10.9 Å². The number of rotatable bonds is 2. The topological polar surface area (TPSA) is 56.0 Å². The molecule has 0 spiro atoms. The molecule has 20 heavy (non-hydrogen) atoms. The molecule has 0 aliphatic carbocycles. The third-order valence-corrected chi connectivity index (χ3v) is 3.42. The standard InChI is InChI=1S/C17H14N2O/c1-11-4-2-3-5-15(11)12-6-7-16-13(8-12)9-14(10-19-16)17(18)20/h2-10H,1H3,(H2,18,20). The van der Waals surface area contributed by atoms with E-state index >= 15 is 0 Å². The SMILES string of the molecule is Cc1ccccc1-c1ccc2ncc(C(N)=O)cc2c1. The molecule has 3 rings (SSSR count). The summed E-state index contributed by atoms with van der Waals surface area (Å²) in [7, 11) is 0. The molecule has 0 bridgehead atoms. The van der Waals surface area contributed by atoms with Crippen molar-refractivity contribution in [2.75, 3.05) is 0 Å². The van der Waals surface area contributed by atoms with Crippen LogP contribution in [0.5, 0.6) is 0 Å². The maximum Gasteiger partial charge on any atom is 0.250 e. The molecule has 0 unspecified atom stereocenters. The molecule has 0 aliphatic heterocycles. The number of aryl methyl sites for hydroxylation is 1. The van der Waals surface area contributed by atoms with Gasteiger partial charge in [-0.15, -0.1) is 0 Å². The molecular formula is C17H14N2O. The first-order valence-corrected chi connectivity index (χ1v) is 6.41. The van der Waals surface area contributed by atoms with Crippen LogP contribution < -0.4 is 5.73 Å². The second kappa shape index (κ2) is 4.78. The van der Waals surface area contributed by atoms with Gasteiger partial charge in [0, 0.05) is 11.6 Å². The van der Waals surface area contributed by atoms with E-state index in [1.54, 1.807) is 6.07 Å². The fourth-order valence-corrected chi connectivity index (χ4v) is 2.33. The van der Waals surface area contributed by atoms with E-state index in [4.69, 9.17) is 5.73 Å². The highest BCUT2D eigenvalue weighted by Gasteiger charge is 2.06. The molecule has 1 heterocycles. The Balaban J connectivity index is 2.19. The summed E-state index contributed by atoms with van der Waals surface area (Å²) in [5.74, 6) is -0.458. The van der Waals surface area contributed by atoms with Crippen LogP contribution in [0.2, 0.25) is 0 Å². The zero-order valence-corrected chi connectivity index (χ0v) is 11.1.